The third-order valence-electron chi connectivity index (χ3n) is 4.03. The topological polar surface area (TPSA) is 102 Å². The molecule has 142 valence electrons. The summed E-state index contributed by atoms with van der Waals surface area (Å²) in [5.74, 6) is 0.631. The molecule has 28 heavy (non-hydrogen) atoms. The number of imidazole rings is 1. The Morgan fingerprint density at radius 2 is 1.79 bits per heavy atom. The number of alkyl halides is 1. The number of fused-ring (bicyclic) bond motifs is 1. The van der Waals surface area contributed by atoms with Crippen LogP contribution in [0.5, 0.6) is 17.5 Å². The standard InChI is InChI=1S/C19H15FN4O4/c20-11-27-13-7-4-8-14(9-13)28-19-22-16-15(17(25)23-18(26)21-16)24(19)10-12-5-2-1-3-6-12/h1-9H,10-11H2,(H2,21,23,25,26). The summed E-state index contributed by atoms with van der Waals surface area (Å²) in [7, 11) is 0. The molecule has 0 bridgehead atoms. The molecule has 0 aliphatic carbocycles. The van der Waals surface area contributed by atoms with E-state index in [4.69, 9.17) is 9.47 Å². The molecule has 9 heteroatoms. The van der Waals surface area contributed by atoms with Crippen molar-refractivity contribution < 1.29 is 13.9 Å². The minimum Gasteiger partial charge on any atom is -0.463 e. The molecule has 2 heterocycles. The average Bonchev–Trinajstić information content (AvgIpc) is 3.00. The van der Waals surface area contributed by atoms with Crippen LogP contribution in [0.3, 0.4) is 0 Å². The van der Waals surface area contributed by atoms with Crippen molar-refractivity contribution in [3.63, 3.8) is 0 Å². The largest absolute Gasteiger partial charge is 0.463 e. The Bertz CT molecular complexity index is 1230. The van der Waals surface area contributed by atoms with Crippen LogP contribution in [0.4, 0.5) is 4.39 Å². The summed E-state index contributed by atoms with van der Waals surface area (Å²) in [6, 6.07) is 15.9. The summed E-state index contributed by atoms with van der Waals surface area (Å²) >= 11 is 0. The third kappa shape index (κ3) is 3.50. The average molecular weight is 382 g/mol. The molecule has 0 atom stereocenters. The molecular formula is C19H15FN4O4. The van der Waals surface area contributed by atoms with Crippen molar-refractivity contribution >= 4 is 11.2 Å². The molecule has 0 unspecified atom stereocenters. The highest BCUT2D eigenvalue weighted by atomic mass is 19.1. The lowest BCUT2D eigenvalue weighted by Crippen LogP contribution is -2.23. The van der Waals surface area contributed by atoms with Gasteiger partial charge in [0.15, 0.2) is 11.2 Å². The second-order valence-electron chi connectivity index (χ2n) is 5.90. The van der Waals surface area contributed by atoms with Crippen LogP contribution >= 0.6 is 0 Å². The summed E-state index contributed by atoms with van der Waals surface area (Å²) in [4.78, 5) is 32.9. The minimum atomic E-state index is -0.966. The number of hydrogen-bond acceptors (Lipinski definition) is 5. The van der Waals surface area contributed by atoms with Crippen LogP contribution in [0, 0.1) is 0 Å². The van der Waals surface area contributed by atoms with Gasteiger partial charge in [0.2, 0.25) is 6.86 Å². The summed E-state index contributed by atoms with van der Waals surface area (Å²) in [6.07, 6.45) is 0. The quantitative estimate of drug-likeness (QED) is 0.534. The number of nitrogens with zero attached hydrogens (tertiary/aromatic N) is 2. The molecule has 0 fully saturated rings. The number of nitrogens with one attached hydrogen (secondary N) is 2. The van der Waals surface area contributed by atoms with Crippen LogP contribution in [-0.2, 0) is 6.54 Å². The lowest BCUT2D eigenvalue weighted by molar-refractivity contribution is 0.191. The van der Waals surface area contributed by atoms with Crippen LogP contribution in [-0.4, -0.2) is 26.4 Å². The highest BCUT2D eigenvalue weighted by Crippen LogP contribution is 2.27. The SMILES string of the molecule is O=c1[nH]c(=O)c2c(nc(Oc3cccc(OCF)c3)n2Cc2ccccc2)[nH]1. The Morgan fingerprint density at radius 1 is 1.00 bits per heavy atom. The normalized spacial score (nSPS) is 10.9. The second-order valence-corrected chi connectivity index (χ2v) is 5.90. The Hall–Kier alpha value is -3.88. The van der Waals surface area contributed by atoms with Gasteiger partial charge < -0.3 is 9.47 Å². The molecule has 4 aromatic rings. The second kappa shape index (κ2) is 7.39. The van der Waals surface area contributed by atoms with Gasteiger partial charge in [-0.05, 0) is 17.7 Å². The Morgan fingerprint density at radius 3 is 2.57 bits per heavy atom. The Balaban J connectivity index is 1.81. The molecule has 0 saturated carbocycles. The van der Waals surface area contributed by atoms with Gasteiger partial charge in [-0.2, -0.15) is 4.98 Å². The van der Waals surface area contributed by atoms with E-state index in [1.54, 1.807) is 22.8 Å². The van der Waals surface area contributed by atoms with Crippen molar-refractivity contribution in [3.8, 4) is 17.5 Å². The van der Waals surface area contributed by atoms with Crippen molar-refractivity contribution in [3.05, 3.63) is 81.0 Å². The number of H-pyrrole nitrogens is 2. The molecule has 0 aliphatic heterocycles. The van der Waals surface area contributed by atoms with Crippen LogP contribution < -0.4 is 20.7 Å². The van der Waals surface area contributed by atoms with Crippen LogP contribution in [0.15, 0.2) is 64.2 Å². The van der Waals surface area contributed by atoms with Crippen LogP contribution in [0.2, 0.25) is 0 Å². The first-order valence-corrected chi connectivity index (χ1v) is 8.37. The van der Waals surface area contributed by atoms with E-state index >= 15 is 0 Å². The number of ether oxygens (including phenoxy) is 2. The van der Waals surface area contributed by atoms with E-state index in [1.807, 2.05) is 30.3 Å². The van der Waals surface area contributed by atoms with Gasteiger partial charge in [0, 0.05) is 6.07 Å². The zero-order valence-corrected chi connectivity index (χ0v) is 14.5. The predicted molar refractivity (Wildman–Crippen MR) is 99.6 cm³/mol. The number of halogens is 1. The highest BCUT2D eigenvalue weighted by Gasteiger charge is 2.17. The van der Waals surface area contributed by atoms with E-state index in [0.29, 0.717) is 12.3 Å². The number of hydrogen-bond donors (Lipinski definition) is 2. The molecule has 0 saturated heterocycles. The smallest absolute Gasteiger partial charge is 0.327 e. The monoisotopic (exact) mass is 382 g/mol. The molecule has 0 radical (unpaired) electrons. The minimum absolute atomic E-state index is 0.101. The Kier molecular flexibility index (Phi) is 4.63. The maximum absolute atomic E-state index is 12.4. The van der Waals surface area contributed by atoms with Crippen molar-refractivity contribution in [2.75, 3.05) is 6.86 Å². The van der Waals surface area contributed by atoms with Crippen LogP contribution in [0.1, 0.15) is 5.56 Å². The van der Waals surface area contributed by atoms with Gasteiger partial charge in [-0.25, -0.2) is 9.18 Å². The zero-order valence-electron chi connectivity index (χ0n) is 14.5. The van der Waals surface area contributed by atoms with Gasteiger partial charge in [0.25, 0.3) is 5.56 Å². The van der Waals surface area contributed by atoms with E-state index in [2.05, 4.69) is 15.0 Å². The molecule has 0 amide bonds. The van der Waals surface area contributed by atoms with Crippen LogP contribution in [0.25, 0.3) is 11.2 Å². The first-order valence-electron chi connectivity index (χ1n) is 8.37. The summed E-state index contributed by atoms with van der Waals surface area (Å²) in [5.41, 5.74) is -0.0458. The fourth-order valence-corrected chi connectivity index (χ4v) is 2.84. The molecule has 2 N–H and O–H groups in total. The molecule has 0 spiro atoms. The number of rotatable bonds is 6. The first-order chi connectivity index (χ1) is 13.6. The van der Waals surface area contributed by atoms with E-state index in [-0.39, 0.29) is 22.9 Å². The van der Waals surface area contributed by atoms with Gasteiger partial charge in [-0.3, -0.25) is 19.3 Å². The zero-order chi connectivity index (χ0) is 19.5. The van der Waals surface area contributed by atoms with E-state index < -0.39 is 18.1 Å². The van der Waals surface area contributed by atoms with E-state index in [1.165, 1.54) is 6.07 Å². The highest BCUT2D eigenvalue weighted by molar-refractivity contribution is 5.71. The van der Waals surface area contributed by atoms with Crippen molar-refractivity contribution in [1.29, 1.82) is 0 Å². The molecule has 2 aromatic carbocycles. The summed E-state index contributed by atoms with van der Waals surface area (Å²) in [5, 5.41) is 0. The third-order valence-corrected chi connectivity index (χ3v) is 4.03. The molecule has 4 rings (SSSR count). The van der Waals surface area contributed by atoms with Crippen molar-refractivity contribution in [1.82, 2.24) is 19.5 Å². The maximum atomic E-state index is 12.4. The van der Waals surface area contributed by atoms with Gasteiger partial charge >= 0.3 is 11.7 Å². The molecular weight excluding hydrogens is 367 g/mol. The predicted octanol–water partition coefficient (Wildman–Crippen LogP) is 2.56. The summed E-state index contributed by atoms with van der Waals surface area (Å²) < 4.78 is 24.6. The molecule has 2 aromatic heterocycles. The fourth-order valence-electron chi connectivity index (χ4n) is 2.84. The lowest BCUT2D eigenvalue weighted by atomic mass is 10.2. The van der Waals surface area contributed by atoms with Crippen molar-refractivity contribution in [2.45, 2.75) is 6.54 Å². The first kappa shape index (κ1) is 17.5. The van der Waals surface area contributed by atoms with Gasteiger partial charge in [-0.1, -0.05) is 36.4 Å². The maximum Gasteiger partial charge on any atom is 0.327 e. The van der Waals surface area contributed by atoms with Gasteiger partial charge in [0.05, 0.1) is 6.54 Å². The summed E-state index contributed by atoms with van der Waals surface area (Å²) in [6.45, 7) is -0.672. The fraction of sp³-hybridized carbons (Fsp3) is 0.105. The number of benzene rings is 2. The molecule has 0 aliphatic rings. The Labute approximate surface area is 157 Å². The van der Waals surface area contributed by atoms with E-state index in [9.17, 15) is 14.0 Å². The van der Waals surface area contributed by atoms with E-state index in [0.717, 1.165) is 5.56 Å². The molecule has 8 nitrogen and oxygen atoms in total. The van der Waals surface area contributed by atoms with Gasteiger partial charge in [-0.15, -0.1) is 0 Å². The van der Waals surface area contributed by atoms with Crippen molar-refractivity contribution in [2.24, 2.45) is 0 Å². The lowest BCUT2D eigenvalue weighted by Gasteiger charge is -2.10. The number of aromatic nitrogens is 4. The van der Waals surface area contributed by atoms with Gasteiger partial charge in [0.1, 0.15) is 11.5 Å². The number of aromatic amines is 2.